The number of quaternary nitrogens is 1. The molecule has 122 valence electrons. The van der Waals surface area contributed by atoms with Crippen molar-refractivity contribution in [3.63, 3.8) is 0 Å². The van der Waals surface area contributed by atoms with Gasteiger partial charge in [0, 0.05) is 9.79 Å². The van der Waals surface area contributed by atoms with Gasteiger partial charge in [-0.05, 0) is 37.6 Å². The van der Waals surface area contributed by atoms with E-state index >= 15 is 0 Å². The van der Waals surface area contributed by atoms with E-state index in [1.165, 1.54) is 26.6 Å². The lowest BCUT2D eigenvalue weighted by atomic mass is 10.2. The zero-order chi connectivity index (χ0) is 16.4. The van der Waals surface area contributed by atoms with Crippen molar-refractivity contribution in [1.29, 1.82) is 0 Å². The second-order valence-corrected chi connectivity index (χ2v) is 7.65. The van der Waals surface area contributed by atoms with Crippen molar-refractivity contribution >= 4 is 17.4 Å². The minimum atomic E-state index is -0.122. The molecule has 0 bridgehead atoms. The van der Waals surface area contributed by atoms with Crippen molar-refractivity contribution in [2.45, 2.75) is 23.6 Å². The number of aryl methyl sites for hydroxylation is 2. The number of hydroxylamine groups is 3. The smallest absolute Gasteiger partial charge is 0.0960 e. The molecule has 0 spiro atoms. The second kappa shape index (κ2) is 6.56. The zero-order valence-electron chi connectivity index (χ0n) is 14.1. The summed E-state index contributed by atoms with van der Waals surface area (Å²) in [5, 5.41) is 12.1. The van der Waals surface area contributed by atoms with Crippen molar-refractivity contribution in [2.24, 2.45) is 0 Å². The lowest BCUT2D eigenvalue weighted by molar-refractivity contribution is -0.861. The first-order chi connectivity index (χ1) is 10.9. The molecule has 0 radical (unpaired) electrons. The highest BCUT2D eigenvalue weighted by molar-refractivity contribution is 7.99. The Morgan fingerprint density at radius 2 is 1.70 bits per heavy atom. The van der Waals surface area contributed by atoms with Crippen LogP contribution in [0.25, 0.3) is 0 Å². The van der Waals surface area contributed by atoms with Crippen LogP contribution in [0.3, 0.4) is 0 Å². The first kappa shape index (κ1) is 16.4. The second-order valence-electron chi connectivity index (χ2n) is 6.57. The van der Waals surface area contributed by atoms with E-state index in [1.807, 2.05) is 11.8 Å². The summed E-state index contributed by atoms with van der Waals surface area (Å²) >= 11 is 1.82. The fourth-order valence-electron chi connectivity index (χ4n) is 2.97. The van der Waals surface area contributed by atoms with Gasteiger partial charge in [0.15, 0.2) is 0 Å². The van der Waals surface area contributed by atoms with Gasteiger partial charge in [0.25, 0.3) is 0 Å². The summed E-state index contributed by atoms with van der Waals surface area (Å²) in [6, 6.07) is 15.1. The Hall–Kier alpha value is -1.49. The lowest BCUT2D eigenvalue weighted by Crippen LogP contribution is -2.53. The van der Waals surface area contributed by atoms with E-state index in [2.05, 4.69) is 61.2 Å². The SMILES string of the molecule is Cc1ccc(Sc2ccccc2N2CC[N+](C)([O-])CC2)c(C)c1. The van der Waals surface area contributed by atoms with Crippen LogP contribution in [0.4, 0.5) is 5.69 Å². The number of para-hydroxylation sites is 1. The molecule has 3 rings (SSSR count). The van der Waals surface area contributed by atoms with Gasteiger partial charge in [0.1, 0.15) is 0 Å². The maximum absolute atomic E-state index is 12.1. The molecule has 4 heteroatoms. The van der Waals surface area contributed by atoms with E-state index in [-0.39, 0.29) is 4.65 Å². The third-order valence-electron chi connectivity index (χ3n) is 4.44. The van der Waals surface area contributed by atoms with Gasteiger partial charge < -0.3 is 14.8 Å². The van der Waals surface area contributed by atoms with Gasteiger partial charge in [-0.2, -0.15) is 0 Å². The molecule has 1 aliphatic rings. The Balaban J connectivity index is 1.84. The molecule has 0 atom stereocenters. The predicted octanol–water partition coefficient (Wildman–Crippen LogP) is 4.22. The highest BCUT2D eigenvalue weighted by Gasteiger charge is 2.23. The van der Waals surface area contributed by atoms with E-state index in [4.69, 9.17) is 0 Å². The number of anilines is 1. The van der Waals surface area contributed by atoms with Crippen LogP contribution in [-0.4, -0.2) is 37.9 Å². The quantitative estimate of drug-likeness (QED) is 0.623. The van der Waals surface area contributed by atoms with Crippen molar-refractivity contribution in [1.82, 2.24) is 0 Å². The molecule has 0 amide bonds. The molecule has 1 saturated heterocycles. The van der Waals surface area contributed by atoms with E-state index in [1.54, 1.807) is 7.05 Å². The fourth-order valence-corrected chi connectivity index (χ4v) is 4.01. The Kier molecular flexibility index (Phi) is 4.67. The minimum Gasteiger partial charge on any atom is -0.633 e. The van der Waals surface area contributed by atoms with Gasteiger partial charge in [0.2, 0.25) is 0 Å². The summed E-state index contributed by atoms with van der Waals surface area (Å²) in [5.74, 6) is 0. The van der Waals surface area contributed by atoms with Crippen molar-refractivity contribution in [3.8, 4) is 0 Å². The molecule has 0 aliphatic carbocycles. The first-order valence-electron chi connectivity index (χ1n) is 8.09. The Morgan fingerprint density at radius 1 is 1.00 bits per heavy atom. The van der Waals surface area contributed by atoms with E-state index in [0.29, 0.717) is 13.1 Å². The summed E-state index contributed by atoms with van der Waals surface area (Å²) < 4.78 is -0.122. The minimum absolute atomic E-state index is 0.122. The van der Waals surface area contributed by atoms with Gasteiger partial charge in [-0.25, -0.2) is 0 Å². The maximum atomic E-state index is 12.1. The fraction of sp³-hybridized carbons (Fsp3) is 0.368. The van der Waals surface area contributed by atoms with Crippen molar-refractivity contribution < 1.29 is 4.65 Å². The zero-order valence-corrected chi connectivity index (χ0v) is 14.9. The van der Waals surface area contributed by atoms with Crippen LogP contribution in [-0.2, 0) is 0 Å². The van der Waals surface area contributed by atoms with Crippen molar-refractivity contribution in [3.05, 3.63) is 58.8 Å². The highest BCUT2D eigenvalue weighted by atomic mass is 32.2. The first-order valence-corrected chi connectivity index (χ1v) is 8.91. The van der Waals surface area contributed by atoms with Crippen LogP contribution in [0.1, 0.15) is 11.1 Å². The maximum Gasteiger partial charge on any atom is 0.0960 e. The molecule has 1 aliphatic heterocycles. The van der Waals surface area contributed by atoms with Gasteiger partial charge in [-0.1, -0.05) is 41.6 Å². The third kappa shape index (κ3) is 3.89. The summed E-state index contributed by atoms with van der Waals surface area (Å²) in [5.41, 5.74) is 3.85. The summed E-state index contributed by atoms with van der Waals surface area (Å²) in [6.45, 7) is 7.25. The average Bonchev–Trinajstić information content (AvgIpc) is 2.51. The third-order valence-corrected chi connectivity index (χ3v) is 5.69. The number of likely N-dealkylation sites (N-methyl/N-ethyl adjacent to an activating group) is 1. The molecular formula is C19H24N2OS. The monoisotopic (exact) mass is 328 g/mol. The normalized spacial score (nSPS) is 17.3. The molecule has 0 N–H and O–H groups in total. The Morgan fingerprint density at radius 3 is 2.39 bits per heavy atom. The van der Waals surface area contributed by atoms with Crippen LogP contribution in [0.15, 0.2) is 52.3 Å². The molecule has 1 heterocycles. The average molecular weight is 328 g/mol. The lowest BCUT2D eigenvalue weighted by Gasteiger charge is -2.46. The number of nitrogens with zero attached hydrogens (tertiary/aromatic N) is 2. The van der Waals surface area contributed by atoms with Crippen LogP contribution in [0, 0.1) is 19.1 Å². The molecular weight excluding hydrogens is 304 g/mol. The van der Waals surface area contributed by atoms with Crippen molar-refractivity contribution in [2.75, 3.05) is 38.1 Å². The van der Waals surface area contributed by atoms with Crippen LogP contribution in [0.5, 0.6) is 0 Å². The van der Waals surface area contributed by atoms with Crippen LogP contribution in [0.2, 0.25) is 0 Å². The topological polar surface area (TPSA) is 26.3 Å². The van der Waals surface area contributed by atoms with Gasteiger partial charge in [-0.3, -0.25) is 0 Å². The summed E-state index contributed by atoms with van der Waals surface area (Å²) in [7, 11) is 1.77. The molecule has 3 nitrogen and oxygen atoms in total. The number of piperazine rings is 1. The molecule has 0 unspecified atom stereocenters. The highest BCUT2D eigenvalue weighted by Crippen LogP contribution is 2.37. The van der Waals surface area contributed by atoms with E-state index < -0.39 is 0 Å². The van der Waals surface area contributed by atoms with Gasteiger partial charge in [-0.15, -0.1) is 0 Å². The van der Waals surface area contributed by atoms with Gasteiger partial charge >= 0.3 is 0 Å². The number of benzene rings is 2. The predicted molar refractivity (Wildman–Crippen MR) is 98.0 cm³/mol. The van der Waals surface area contributed by atoms with E-state index in [0.717, 1.165) is 13.1 Å². The number of hydrogen-bond donors (Lipinski definition) is 0. The molecule has 0 saturated carbocycles. The largest absolute Gasteiger partial charge is 0.633 e. The summed E-state index contributed by atoms with van der Waals surface area (Å²) in [4.78, 5) is 4.91. The molecule has 1 fully saturated rings. The standard InChI is InChI=1S/C19H24N2OS/c1-15-8-9-18(16(2)14-15)23-19-7-5-4-6-17(19)20-10-12-21(3,22)13-11-20/h4-9,14H,10-13H2,1-3H3. The Bertz CT molecular complexity index is 690. The molecule has 2 aromatic carbocycles. The number of rotatable bonds is 3. The van der Waals surface area contributed by atoms with Crippen LogP contribution >= 0.6 is 11.8 Å². The Labute approximate surface area is 143 Å². The molecule has 23 heavy (non-hydrogen) atoms. The van der Waals surface area contributed by atoms with Gasteiger partial charge in [0.05, 0.1) is 38.9 Å². The van der Waals surface area contributed by atoms with Crippen LogP contribution < -0.4 is 4.90 Å². The molecule has 0 aromatic heterocycles. The number of hydrogen-bond acceptors (Lipinski definition) is 3. The summed E-state index contributed by atoms with van der Waals surface area (Å²) in [6.07, 6.45) is 0. The molecule has 2 aromatic rings. The van der Waals surface area contributed by atoms with E-state index in [9.17, 15) is 5.21 Å².